The molecule has 0 aliphatic heterocycles. The fourth-order valence-corrected chi connectivity index (χ4v) is 3.96. The van der Waals surface area contributed by atoms with Gasteiger partial charge in [0.15, 0.2) is 11.5 Å². The molecule has 0 radical (unpaired) electrons. The van der Waals surface area contributed by atoms with E-state index >= 15 is 0 Å². The number of sulfonamides is 1. The standard InChI is InChI=1S/C20H28N2O4S/c1-15-6-8-16(9-7-15)14-27(23,24)21-13-18(22(2)3)17-10-11-19(25-4)20(12-17)26-5/h6-12,18,21H,13-14H2,1-5H3. The van der Waals surface area contributed by atoms with E-state index in [1.54, 1.807) is 14.2 Å². The van der Waals surface area contributed by atoms with Crippen LogP contribution in [-0.4, -0.2) is 48.2 Å². The summed E-state index contributed by atoms with van der Waals surface area (Å²) in [5, 5.41) is 0. The van der Waals surface area contributed by atoms with E-state index in [-0.39, 0.29) is 18.3 Å². The summed E-state index contributed by atoms with van der Waals surface area (Å²) in [6.45, 7) is 2.23. The lowest BCUT2D eigenvalue weighted by atomic mass is 10.1. The molecule has 0 bridgehead atoms. The van der Waals surface area contributed by atoms with Crippen LogP contribution in [0.3, 0.4) is 0 Å². The maximum Gasteiger partial charge on any atom is 0.215 e. The minimum Gasteiger partial charge on any atom is -0.493 e. The fraction of sp³-hybridized carbons (Fsp3) is 0.400. The minimum absolute atomic E-state index is 0.0423. The molecule has 0 amide bonds. The van der Waals surface area contributed by atoms with Gasteiger partial charge in [-0.15, -0.1) is 0 Å². The van der Waals surface area contributed by atoms with Crippen molar-refractivity contribution in [3.8, 4) is 11.5 Å². The Hall–Kier alpha value is -2.09. The molecule has 1 atom stereocenters. The Labute approximate surface area is 162 Å². The molecule has 2 aromatic carbocycles. The van der Waals surface area contributed by atoms with E-state index in [1.807, 2.05) is 68.4 Å². The number of nitrogens with zero attached hydrogens (tertiary/aromatic N) is 1. The zero-order valence-electron chi connectivity index (χ0n) is 16.5. The van der Waals surface area contributed by atoms with Gasteiger partial charge in [0.2, 0.25) is 10.0 Å². The quantitative estimate of drug-likeness (QED) is 0.711. The molecule has 0 saturated carbocycles. The summed E-state index contributed by atoms with van der Waals surface area (Å²) in [5.74, 6) is 1.21. The van der Waals surface area contributed by atoms with Gasteiger partial charge in [0.1, 0.15) is 0 Å². The maximum atomic E-state index is 12.5. The van der Waals surface area contributed by atoms with Crippen molar-refractivity contribution in [2.24, 2.45) is 0 Å². The summed E-state index contributed by atoms with van der Waals surface area (Å²) < 4.78 is 38.3. The van der Waals surface area contributed by atoms with Crippen LogP contribution in [0.25, 0.3) is 0 Å². The Bertz CT molecular complexity index is 849. The third-order valence-corrected chi connectivity index (χ3v) is 5.71. The van der Waals surface area contributed by atoms with Crippen LogP contribution in [0.4, 0.5) is 0 Å². The average Bonchev–Trinajstić information content (AvgIpc) is 2.63. The van der Waals surface area contributed by atoms with E-state index in [1.165, 1.54) is 0 Å². The van der Waals surface area contributed by atoms with E-state index in [2.05, 4.69) is 4.72 Å². The second-order valence-corrected chi connectivity index (χ2v) is 8.49. The second-order valence-electron chi connectivity index (χ2n) is 6.69. The van der Waals surface area contributed by atoms with Crippen LogP contribution in [0.1, 0.15) is 22.7 Å². The first-order valence-electron chi connectivity index (χ1n) is 8.67. The van der Waals surface area contributed by atoms with Crippen molar-refractivity contribution >= 4 is 10.0 Å². The summed E-state index contributed by atoms with van der Waals surface area (Å²) in [5.41, 5.74) is 2.81. The van der Waals surface area contributed by atoms with Crippen molar-refractivity contribution in [1.29, 1.82) is 0 Å². The molecule has 0 aliphatic rings. The number of hydrogen-bond acceptors (Lipinski definition) is 5. The zero-order chi connectivity index (χ0) is 20.0. The number of benzene rings is 2. The van der Waals surface area contributed by atoms with Gasteiger partial charge in [-0.05, 0) is 44.3 Å². The topological polar surface area (TPSA) is 67.9 Å². The molecule has 1 N–H and O–H groups in total. The molecule has 0 fully saturated rings. The second kappa shape index (κ2) is 9.21. The lowest BCUT2D eigenvalue weighted by molar-refractivity contribution is 0.297. The Kier molecular flexibility index (Phi) is 7.24. The van der Waals surface area contributed by atoms with Crippen LogP contribution < -0.4 is 14.2 Å². The largest absolute Gasteiger partial charge is 0.493 e. The highest BCUT2D eigenvalue weighted by Crippen LogP contribution is 2.31. The molecule has 6 nitrogen and oxygen atoms in total. The van der Waals surface area contributed by atoms with Crippen molar-refractivity contribution in [3.05, 3.63) is 59.2 Å². The lowest BCUT2D eigenvalue weighted by Crippen LogP contribution is -2.35. The maximum absolute atomic E-state index is 12.5. The number of likely N-dealkylation sites (N-methyl/N-ethyl adjacent to an activating group) is 1. The molecule has 0 heterocycles. The first-order chi connectivity index (χ1) is 12.8. The minimum atomic E-state index is -3.45. The van der Waals surface area contributed by atoms with Crippen LogP contribution in [-0.2, 0) is 15.8 Å². The molecular formula is C20H28N2O4S. The van der Waals surface area contributed by atoms with Crippen molar-refractivity contribution in [2.45, 2.75) is 18.7 Å². The van der Waals surface area contributed by atoms with Gasteiger partial charge < -0.3 is 14.4 Å². The van der Waals surface area contributed by atoms with Gasteiger partial charge in [-0.3, -0.25) is 0 Å². The van der Waals surface area contributed by atoms with Gasteiger partial charge >= 0.3 is 0 Å². The molecule has 1 unspecified atom stereocenters. The van der Waals surface area contributed by atoms with E-state index in [0.29, 0.717) is 11.5 Å². The van der Waals surface area contributed by atoms with Gasteiger partial charge in [0.05, 0.1) is 20.0 Å². The van der Waals surface area contributed by atoms with E-state index in [9.17, 15) is 8.42 Å². The van der Waals surface area contributed by atoms with Crippen LogP contribution in [0.2, 0.25) is 0 Å². The normalized spacial score (nSPS) is 12.8. The highest BCUT2D eigenvalue weighted by atomic mass is 32.2. The number of aryl methyl sites for hydroxylation is 1. The fourth-order valence-electron chi connectivity index (χ4n) is 2.82. The van der Waals surface area contributed by atoms with Crippen LogP contribution >= 0.6 is 0 Å². The number of nitrogens with one attached hydrogen (secondary N) is 1. The first kappa shape index (κ1) is 21.2. The third kappa shape index (κ3) is 5.95. The number of hydrogen-bond donors (Lipinski definition) is 1. The first-order valence-corrected chi connectivity index (χ1v) is 10.3. The van der Waals surface area contributed by atoms with Gasteiger partial charge in [0, 0.05) is 12.6 Å². The predicted octanol–water partition coefficient (Wildman–Crippen LogP) is 2.73. The smallest absolute Gasteiger partial charge is 0.215 e. The van der Waals surface area contributed by atoms with Crippen molar-refractivity contribution in [3.63, 3.8) is 0 Å². The third-order valence-electron chi connectivity index (χ3n) is 4.39. The molecule has 148 valence electrons. The Balaban J connectivity index is 2.13. The van der Waals surface area contributed by atoms with Crippen LogP contribution in [0.5, 0.6) is 11.5 Å². The number of rotatable bonds is 9. The van der Waals surface area contributed by atoms with Crippen molar-refractivity contribution in [2.75, 3.05) is 34.9 Å². The lowest BCUT2D eigenvalue weighted by Gasteiger charge is -2.26. The summed E-state index contributed by atoms with van der Waals surface area (Å²) in [7, 11) is 3.54. The molecule has 2 aromatic rings. The van der Waals surface area contributed by atoms with E-state index < -0.39 is 10.0 Å². The highest BCUT2D eigenvalue weighted by molar-refractivity contribution is 7.88. The van der Waals surface area contributed by atoms with Crippen LogP contribution in [0.15, 0.2) is 42.5 Å². The zero-order valence-corrected chi connectivity index (χ0v) is 17.3. The number of ether oxygens (including phenoxy) is 2. The predicted molar refractivity (Wildman–Crippen MR) is 108 cm³/mol. The van der Waals surface area contributed by atoms with Gasteiger partial charge in [0.25, 0.3) is 0 Å². The summed E-state index contributed by atoms with van der Waals surface area (Å²) >= 11 is 0. The molecule has 0 aromatic heterocycles. The Morgan fingerprint density at radius 2 is 1.63 bits per heavy atom. The molecule has 7 heteroatoms. The van der Waals surface area contributed by atoms with Gasteiger partial charge in [-0.2, -0.15) is 0 Å². The van der Waals surface area contributed by atoms with Gasteiger partial charge in [-0.1, -0.05) is 35.9 Å². The summed E-state index contributed by atoms with van der Waals surface area (Å²) in [4.78, 5) is 1.97. The molecular weight excluding hydrogens is 364 g/mol. The van der Waals surface area contributed by atoms with Crippen molar-refractivity contribution in [1.82, 2.24) is 9.62 Å². The number of methoxy groups -OCH3 is 2. The molecule has 0 saturated heterocycles. The van der Waals surface area contributed by atoms with E-state index in [0.717, 1.165) is 16.7 Å². The van der Waals surface area contributed by atoms with Gasteiger partial charge in [-0.25, -0.2) is 13.1 Å². The molecule has 0 aliphatic carbocycles. The molecule has 0 spiro atoms. The Morgan fingerprint density at radius 3 is 2.19 bits per heavy atom. The van der Waals surface area contributed by atoms with E-state index in [4.69, 9.17) is 9.47 Å². The highest BCUT2D eigenvalue weighted by Gasteiger charge is 2.20. The Morgan fingerprint density at radius 1 is 1.00 bits per heavy atom. The molecule has 27 heavy (non-hydrogen) atoms. The molecule has 2 rings (SSSR count). The van der Waals surface area contributed by atoms with Crippen LogP contribution in [0, 0.1) is 6.92 Å². The summed E-state index contributed by atoms with van der Waals surface area (Å²) in [6, 6.07) is 13.0. The summed E-state index contributed by atoms with van der Waals surface area (Å²) in [6.07, 6.45) is 0. The van der Waals surface area contributed by atoms with Crippen molar-refractivity contribution < 1.29 is 17.9 Å². The monoisotopic (exact) mass is 392 g/mol. The average molecular weight is 393 g/mol. The SMILES string of the molecule is COc1ccc(C(CNS(=O)(=O)Cc2ccc(C)cc2)N(C)C)cc1OC.